The molecular weight excluding hydrogens is 927 g/mol. The molecule has 1 fully saturated rings. The Bertz CT molecular complexity index is 2880. The number of hydrogen-bond donors (Lipinski definition) is 0. The average Bonchev–Trinajstić information content (AvgIpc) is 3.83. The van der Waals surface area contributed by atoms with Gasteiger partial charge in [-0.25, -0.2) is 0 Å². The van der Waals surface area contributed by atoms with Gasteiger partial charge in [0.25, 0.3) is 0 Å². The number of nitriles is 1. The van der Waals surface area contributed by atoms with Crippen molar-refractivity contribution in [2.75, 3.05) is 0 Å². The monoisotopic (exact) mass is 983 g/mol. The molecule has 1 aliphatic carbocycles. The molecule has 0 N–H and O–H groups in total. The van der Waals surface area contributed by atoms with Gasteiger partial charge < -0.3 is 14.0 Å². The summed E-state index contributed by atoms with van der Waals surface area (Å²) in [6.07, 6.45) is 6.91. The van der Waals surface area contributed by atoms with Crippen molar-refractivity contribution in [3.8, 4) is 34.4 Å². The number of fused-ring (bicyclic) bond motifs is 4. The Morgan fingerprint density at radius 1 is 0.820 bits per heavy atom. The third kappa shape index (κ3) is 8.59. The number of aromatic nitrogens is 4. The van der Waals surface area contributed by atoms with Gasteiger partial charge in [0.05, 0.1) is 39.8 Å². The van der Waals surface area contributed by atoms with Gasteiger partial charge >= 0.3 is 0 Å². The molecule has 3 heterocycles. The second-order valence-electron chi connectivity index (χ2n) is 18.6. The molecular formula is C54H55IrN5O-2. The summed E-state index contributed by atoms with van der Waals surface area (Å²) in [6, 6.07) is 39.8. The fourth-order valence-corrected chi connectivity index (χ4v) is 8.50. The van der Waals surface area contributed by atoms with Crippen LogP contribution in [0.3, 0.4) is 0 Å². The Morgan fingerprint density at radius 2 is 1.51 bits per heavy atom. The minimum absolute atomic E-state index is 0. The van der Waals surface area contributed by atoms with Crippen LogP contribution >= 0.6 is 0 Å². The summed E-state index contributed by atoms with van der Waals surface area (Å²) in [5.41, 5.74) is 12.2. The minimum Gasteiger partial charge on any atom is -0.500 e. The first-order valence-electron chi connectivity index (χ1n) is 21.8. The van der Waals surface area contributed by atoms with Gasteiger partial charge in [-0.3, -0.25) is 9.97 Å². The number of benzene rings is 5. The molecule has 7 heteroatoms. The molecule has 0 amide bonds. The molecule has 0 unspecified atom stereocenters. The van der Waals surface area contributed by atoms with Crippen molar-refractivity contribution < 1.29 is 25.9 Å². The maximum Gasteiger partial charge on any atom is 0.125 e. The predicted molar refractivity (Wildman–Crippen MR) is 246 cm³/mol. The fourth-order valence-electron chi connectivity index (χ4n) is 8.50. The first-order valence-corrected chi connectivity index (χ1v) is 21.3. The van der Waals surface area contributed by atoms with E-state index in [0.717, 1.165) is 62.9 Å². The first-order chi connectivity index (χ1) is 29.1. The van der Waals surface area contributed by atoms with Gasteiger partial charge in [0.15, 0.2) is 0 Å². The Kier molecular flexibility index (Phi) is 12.1. The summed E-state index contributed by atoms with van der Waals surface area (Å²) in [6.45, 7) is 19.9. The van der Waals surface area contributed by atoms with Crippen molar-refractivity contribution in [2.24, 2.45) is 5.41 Å². The van der Waals surface area contributed by atoms with E-state index in [2.05, 4.69) is 144 Å². The van der Waals surface area contributed by atoms with Crippen molar-refractivity contribution in [1.29, 1.82) is 5.26 Å². The molecule has 5 aromatic carbocycles. The van der Waals surface area contributed by atoms with Crippen molar-refractivity contribution in [2.45, 2.75) is 111 Å². The van der Waals surface area contributed by atoms with E-state index in [0.29, 0.717) is 47.1 Å². The SMILES string of the molecule is CC(C)c1cccc(C(C)C)c1-n1c(-c2[c-]cccc2)nc2ccccc21.[2H]C1(c2c(C#N)ccc3c2oc2c(-c4cnc(C(C)(C)C)cn4)[c-]ccc23)CCC(C)(C)CC1.[Ir]. The molecule has 313 valence electrons. The molecule has 0 spiro atoms. The number of furan rings is 1. The van der Waals surface area contributed by atoms with Gasteiger partial charge in [-0.05, 0) is 78.2 Å². The van der Waals surface area contributed by atoms with E-state index in [9.17, 15) is 6.63 Å². The van der Waals surface area contributed by atoms with Crippen LogP contribution in [0.15, 0.2) is 108 Å². The Morgan fingerprint density at radius 3 is 2.13 bits per heavy atom. The van der Waals surface area contributed by atoms with Gasteiger partial charge in [-0.15, -0.1) is 54.1 Å². The number of imidazole rings is 1. The Hall–Kier alpha value is -5.41. The van der Waals surface area contributed by atoms with Crippen molar-refractivity contribution in [3.05, 3.63) is 143 Å². The van der Waals surface area contributed by atoms with E-state index in [1.807, 2.05) is 48.7 Å². The Balaban J connectivity index is 0.000000188. The number of hydrogen-bond acceptors (Lipinski definition) is 5. The molecule has 8 aromatic rings. The Labute approximate surface area is 376 Å². The number of nitrogens with zero attached hydrogens (tertiary/aromatic N) is 5. The van der Waals surface area contributed by atoms with Crippen molar-refractivity contribution in [1.82, 2.24) is 19.5 Å². The summed E-state index contributed by atoms with van der Waals surface area (Å²) in [5, 5.41) is 11.8. The van der Waals surface area contributed by atoms with Crippen LogP contribution in [-0.4, -0.2) is 19.5 Å². The van der Waals surface area contributed by atoms with Crippen LogP contribution in [0.4, 0.5) is 0 Å². The zero-order chi connectivity index (χ0) is 43.3. The zero-order valence-electron chi connectivity index (χ0n) is 37.8. The first kappa shape index (κ1) is 42.3. The van der Waals surface area contributed by atoms with E-state index in [4.69, 9.17) is 9.40 Å². The van der Waals surface area contributed by atoms with Crippen molar-refractivity contribution in [3.63, 3.8) is 0 Å². The summed E-state index contributed by atoms with van der Waals surface area (Å²) < 4.78 is 18.2. The molecule has 61 heavy (non-hydrogen) atoms. The zero-order valence-corrected chi connectivity index (χ0v) is 39.2. The van der Waals surface area contributed by atoms with Crippen LogP contribution in [0.5, 0.6) is 0 Å². The van der Waals surface area contributed by atoms with Crippen LogP contribution in [0, 0.1) is 28.9 Å². The predicted octanol–water partition coefficient (Wildman–Crippen LogP) is 14.4. The van der Waals surface area contributed by atoms with Crippen LogP contribution < -0.4 is 0 Å². The van der Waals surface area contributed by atoms with E-state index in [1.165, 1.54) is 16.8 Å². The molecule has 3 aromatic heterocycles. The van der Waals surface area contributed by atoms with Crippen LogP contribution in [-0.2, 0) is 25.5 Å². The molecule has 0 bridgehead atoms. The largest absolute Gasteiger partial charge is 0.500 e. The van der Waals surface area contributed by atoms with Gasteiger partial charge in [0, 0.05) is 61.6 Å². The van der Waals surface area contributed by atoms with E-state index in [1.54, 1.807) is 6.20 Å². The standard InChI is InChI=1S/C29H30N3O.C25H25N2.Ir/c1-28(2,3)24-17-31-23(16-32-24)22-8-6-7-20-21-10-9-19(15-30)25(27(21)33-26(20)22)18-11-13-29(4,5)14-12-18;1-17(2)20-13-10-14-21(18(3)4)24(20)27-23-16-9-8-15-22(23)26-25(27)19-11-6-5-7-12-19;/h6-7,9-10,16-18H,11-14H2,1-5H3;5-11,13-18H,1-4H3;/q2*-1;/i18D;;. The number of rotatable bonds is 6. The van der Waals surface area contributed by atoms with Gasteiger partial charge in [0.2, 0.25) is 0 Å². The summed E-state index contributed by atoms with van der Waals surface area (Å²) >= 11 is 0. The average molecular weight is 983 g/mol. The molecule has 0 saturated heterocycles. The van der Waals surface area contributed by atoms with E-state index >= 15 is 0 Å². The second kappa shape index (κ2) is 17.5. The van der Waals surface area contributed by atoms with Gasteiger partial charge in [-0.2, -0.15) is 5.26 Å². The topological polar surface area (TPSA) is 80.5 Å². The van der Waals surface area contributed by atoms with Gasteiger partial charge in [0.1, 0.15) is 5.58 Å². The third-order valence-electron chi connectivity index (χ3n) is 12.0. The summed E-state index contributed by atoms with van der Waals surface area (Å²) in [4.78, 5) is 14.3. The third-order valence-corrected chi connectivity index (χ3v) is 12.0. The number of para-hydroxylation sites is 3. The maximum absolute atomic E-state index is 9.93. The molecule has 1 saturated carbocycles. The molecule has 9 rings (SSSR count). The molecule has 0 atom stereocenters. The normalized spacial score (nSPS) is 15.0. The summed E-state index contributed by atoms with van der Waals surface area (Å²) in [7, 11) is 0. The smallest absolute Gasteiger partial charge is 0.125 e. The fraction of sp³-hybridized carbons (Fsp3) is 0.333. The molecule has 6 nitrogen and oxygen atoms in total. The molecule has 1 radical (unpaired) electrons. The van der Waals surface area contributed by atoms with Gasteiger partial charge in [-0.1, -0.05) is 110 Å². The van der Waals surface area contributed by atoms with Crippen molar-refractivity contribution >= 4 is 33.0 Å². The van der Waals surface area contributed by atoms with E-state index in [-0.39, 0.29) is 30.9 Å². The van der Waals surface area contributed by atoms with Crippen LogP contribution in [0.2, 0.25) is 0 Å². The molecule has 0 aliphatic heterocycles. The van der Waals surface area contributed by atoms with Crippen LogP contribution in [0.25, 0.3) is 61.3 Å². The van der Waals surface area contributed by atoms with Crippen LogP contribution in [0.1, 0.15) is 135 Å². The van der Waals surface area contributed by atoms with E-state index < -0.39 is 5.89 Å². The summed E-state index contributed by atoms with van der Waals surface area (Å²) in [5.74, 6) is 0.957. The maximum atomic E-state index is 9.93. The second-order valence-corrected chi connectivity index (χ2v) is 18.6. The molecule has 1 aliphatic rings. The quantitative estimate of drug-likeness (QED) is 0.155. The minimum atomic E-state index is -0.841.